The van der Waals surface area contributed by atoms with Gasteiger partial charge in [0, 0.05) is 46.2 Å². The summed E-state index contributed by atoms with van der Waals surface area (Å²) in [5, 5.41) is 5.29. The van der Waals surface area contributed by atoms with Crippen LogP contribution in [-0.2, 0) is 28.9 Å². The number of anilines is 2. The summed E-state index contributed by atoms with van der Waals surface area (Å²) in [6.45, 7) is 1.37. The molecule has 372 valence electrons. The number of hydrogen-bond donors (Lipinski definition) is 4. The van der Waals surface area contributed by atoms with Gasteiger partial charge in [-0.1, -0.05) is 47.9 Å². The minimum atomic E-state index is -4.79. The molecular formula is C50H38F6N4O10S2. The molecule has 0 aliphatic heterocycles. The number of halogens is 6. The van der Waals surface area contributed by atoms with E-state index in [0.717, 1.165) is 24.2 Å². The number of Topliss-reactive ketones (excluding diaryl/α,β-unsaturated/α-hetero) is 1. The first-order valence-corrected chi connectivity index (χ1v) is 22.9. The van der Waals surface area contributed by atoms with Gasteiger partial charge >= 0.3 is 12.7 Å². The van der Waals surface area contributed by atoms with E-state index in [9.17, 15) is 53.9 Å². The van der Waals surface area contributed by atoms with Crippen molar-refractivity contribution in [3.8, 4) is 35.2 Å². The van der Waals surface area contributed by atoms with Crippen molar-refractivity contribution in [3.05, 3.63) is 179 Å². The Balaban J connectivity index is 0.000000274. The van der Waals surface area contributed by atoms with Crippen LogP contribution >= 0.6 is 12.0 Å². The molecule has 5 N–H and O–H groups in total. The second-order valence-electron chi connectivity index (χ2n) is 14.5. The molecular weight excluding hydrogens is 995 g/mol. The first-order chi connectivity index (χ1) is 34.2. The van der Waals surface area contributed by atoms with Gasteiger partial charge < -0.3 is 24.9 Å². The Morgan fingerprint density at radius 2 is 0.972 bits per heavy atom. The molecule has 0 unspecified atom stereocenters. The predicted octanol–water partition coefficient (Wildman–Crippen LogP) is 9.87. The van der Waals surface area contributed by atoms with Crippen LogP contribution in [0.25, 0.3) is 0 Å². The molecule has 0 saturated carbocycles. The monoisotopic (exact) mass is 1030 g/mol. The van der Waals surface area contributed by atoms with Crippen molar-refractivity contribution < 1.29 is 72.7 Å². The number of benzene rings is 6. The molecule has 6 rings (SSSR count). The SMILES string of the molecule is CC(=O)CCCC(=O)NS(=O)(=O)c1ccccc1NC(=O)c1ccc(C#Cc2ccc(OC(F)(F)F)cc2)cc1.NOOSc1ccccc1NC(=O)c1ccc(C#Cc2ccc(OC(F)(F)F)cc2)cc1. The maximum atomic E-state index is 12.8. The highest BCUT2D eigenvalue weighted by atomic mass is 32.2. The zero-order chi connectivity index (χ0) is 52.3. The summed E-state index contributed by atoms with van der Waals surface area (Å²) >= 11 is 0.851. The molecule has 0 saturated heterocycles. The second-order valence-corrected chi connectivity index (χ2v) is 16.9. The summed E-state index contributed by atoms with van der Waals surface area (Å²) in [6, 6.07) is 35.3. The lowest BCUT2D eigenvalue weighted by Crippen LogP contribution is -2.31. The first-order valence-electron chi connectivity index (χ1n) is 20.7. The number of nitrogens with two attached hydrogens (primary N) is 1. The number of amides is 3. The third-order valence-corrected chi connectivity index (χ3v) is 11.2. The van der Waals surface area contributed by atoms with Gasteiger partial charge in [-0.15, -0.1) is 35.7 Å². The molecule has 3 amide bonds. The number of rotatable bonds is 15. The molecule has 72 heavy (non-hydrogen) atoms. The molecule has 0 aliphatic rings. The van der Waals surface area contributed by atoms with Crippen molar-refractivity contribution in [2.75, 3.05) is 10.6 Å². The highest BCUT2D eigenvalue weighted by Gasteiger charge is 2.32. The molecule has 0 radical (unpaired) electrons. The lowest BCUT2D eigenvalue weighted by Gasteiger charge is -2.12. The molecule has 0 fully saturated rings. The molecule has 0 spiro atoms. The summed E-state index contributed by atoms with van der Waals surface area (Å²) in [7, 11) is -4.30. The number of nitrogens with one attached hydrogen (secondary N) is 3. The minimum Gasteiger partial charge on any atom is -0.406 e. The lowest BCUT2D eigenvalue weighted by atomic mass is 10.1. The first kappa shape index (κ1) is 54.8. The quantitative estimate of drug-likeness (QED) is 0.0250. The third-order valence-electron chi connectivity index (χ3n) is 9.08. The van der Waals surface area contributed by atoms with Crippen LogP contribution in [0.4, 0.5) is 37.7 Å². The number of para-hydroxylation sites is 2. The van der Waals surface area contributed by atoms with Gasteiger partial charge in [-0.05, 0) is 135 Å². The molecule has 6 aromatic carbocycles. The number of carbonyl (C=O) groups excluding carboxylic acids is 4. The molecule has 0 bridgehead atoms. The van der Waals surface area contributed by atoms with E-state index in [0.29, 0.717) is 38.4 Å². The van der Waals surface area contributed by atoms with Crippen molar-refractivity contribution in [2.45, 2.75) is 48.7 Å². The van der Waals surface area contributed by atoms with Gasteiger partial charge in [0.1, 0.15) is 22.2 Å². The number of ether oxygens (including phenoxy) is 2. The van der Waals surface area contributed by atoms with Crippen LogP contribution in [0.1, 0.15) is 69.2 Å². The van der Waals surface area contributed by atoms with Crippen LogP contribution in [0.5, 0.6) is 11.5 Å². The number of hydrogen-bond acceptors (Lipinski definition) is 12. The summed E-state index contributed by atoms with van der Waals surface area (Å²) in [4.78, 5) is 52.7. The van der Waals surface area contributed by atoms with Crippen molar-refractivity contribution in [1.29, 1.82) is 0 Å². The fourth-order valence-corrected chi connectivity index (χ4v) is 7.46. The highest BCUT2D eigenvalue weighted by molar-refractivity contribution is 7.94. The molecule has 0 heterocycles. The fraction of sp³-hybridized carbons (Fsp3) is 0.120. The van der Waals surface area contributed by atoms with Crippen molar-refractivity contribution in [2.24, 2.45) is 5.90 Å². The van der Waals surface area contributed by atoms with Crippen LogP contribution in [0.15, 0.2) is 155 Å². The van der Waals surface area contributed by atoms with E-state index in [-0.39, 0.29) is 58.6 Å². The van der Waals surface area contributed by atoms with Gasteiger partial charge in [0.05, 0.1) is 28.3 Å². The smallest absolute Gasteiger partial charge is 0.406 e. The Kier molecular flexibility index (Phi) is 19.5. The Labute approximate surface area is 412 Å². The third kappa shape index (κ3) is 18.7. The molecule has 0 atom stereocenters. The Morgan fingerprint density at radius 3 is 1.40 bits per heavy atom. The van der Waals surface area contributed by atoms with E-state index in [2.05, 4.69) is 53.1 Å². The maximum Gasteiger partial charge on any atom is 0.573 e. The highest BCUT2D eigenvalue weighted by Crippen LogP contribution is 2.29. The summed E-state index contributed by atoms with van der Waals surface area (Å²) in [6.07, 6.45) is -9.32. The molecule has 14 nitrogen and oxygen atoms in total. The standard InChI is InChI=1S/C28H23F3N2O6S.C22H15F3N2O4S/c1-19(34)5-4-8-26(35)33-40(37,38)25-7-3-2-6-24(25)32-27(36)22-15-11-20(12-16-22)9-10-21-13-17-23(18-14-21)39-28(29,30)31;23-22(24,25)29-18-13-9-16(10-14-18)6-5-15-7-11-17(12-8-15)21(28)27-19-3-1-2-4-20(19)32-31-30-26/h2-3,6-7,11-18H,4-5,8H2,1H3,(H,32,36)(H,33,35);1-4,7-14H,26H2,(H,27,28). The number of carbonyl (C=O) groups is 4. The largest absolute Gasteiger partial charge is 0.573 e. The van der Waals surface area contributed by atoms with Crippen LogP contribution in [-0.4, -0.2) is 44.6 Å². The van der Waals surface area contributed by atoms with Gasteiger partial charge in [-0.3, -0.25) is 14.4 Å². The molecule has 0 aromatic heterocycles. The maximum absolute atomic E-state index is 12.8. The van der Waals surface area contributed by atoms with Gasteiger partial charge in [-0.2, -0.15) is 5.90 Å². The Hall–Kier alpha value is -8.12. The van der Waals surface area contributed by atoms with E-state index in [1.807, 2.05) is 4.72 Å². The van der Waals surface area contributed by atoms with E-state index in [1.165, 1.54) is 79.7 Å². The Morgan fingerprint density at radius 1 is 0.569 bits per heavy atom. The number of alkyl halides is 6. The van der Waals surface area contributed by atoms with E-state index >= 15 is 0 Å². The van der Waals surface area contributed by atoms with Crippen molar-refractivity contribution >= 4 is 56.9 Å². The summed E-state index contributed by atoms with van der Waals surface area (Å²) in [5.74, 6) is 13.7. The van der Waals surface area contributed by atoms with Crippen LogP contribution in [0.3, 0.4) is 0 Å². The lowest BCUT2D eigenvalue weighted by molar-refractivity contribution is -0.275. The topological polar surface area (TPSA) is 201 Å². The van der Waals surface area contributed by atoms with Crippen LogP contribution < -0.4 is 30.7 Å². The van der Waals surface area contributed by atoms with Crippen LogP contribution in [0.2, 0.25) is 0 Å². The van der Waals surface area contributed by atoms with Gasteiger partial charge in [-0.25, -0.2) is 13.1 Å². The average Bonchev–Trinajstić information content (AvgIpc) is 3.32. The summed E-state index contributed by atoms with van der Waals surface area (Å²) in [5.41, 5.74) is 3.17. The zero-order valence-corrected chi connectivity index (χ0v) is 38.9. The van der Waals surface area contributed by atoms with Gasteiger partial charge in [0.2, 0.25) is 5.91 Å². The molecule has 22 heteroatoms. The van der Waals surface area contributed by atoms with Crippen molar-refractivity contribution in [3.63, 3.8) is 0 Å². The van der Waals surface area contributed by atoms with Crippen molar-refractivity contribution in [1.82, 2.24) is 4.72 Å². The van der Waals surface area contributed by atoms with E-state index in [1.54, 1.807) is 60.7 Å². The second kappa shape index (κ2) is 25.7. The molecule has 0 aliphatic carbocycles. The van der Waals surface area contributed by atoms with Crippen LogP contribution in [0, 0.1) is 23.7 Å². The average molecular weight is 1030 g/mol. The number of sulfonamides is 1. The summed E-state index contributed by atoms with van der Waals surface area (Å²) < 4.78 is 113. The normalized spacial score (nSPS) is 10.9. The van der Waals surface area contributed by atoms with Gasteiger partial charge in [0.25, 0.3) is 21.8 Å². The number of ketones is 1. The predicted molar refractivity (Wildman–Crippen MR) is 252 cm³/mol. The van der Waals surface area contributed by atoms with E-state index in [4.69, 9.17) is 5.90 Å². The van der Waals surface area contributed by atoms with E-state index < -0.39 is 34.6 Å². The van der Waals surface area contributed by atoms with Gasteiger partial charge in [0.15, 0.2) is 0 Å². The Bertz CT molecular complexity index is 3100. The minimum absolute atomic E-state index is 0.0432. The fourth-order valence-electron chi connectivity index (χ4n) is 5.82. The molecule has 6 aromatic rings. The zero-order valence-electron chi connectivity index (χ0n) is 37.2.